The van der Waals surface area contributed by atoms with Crippen LogP contribution in [0, 0.1) is 17.8 Å². The molecule has 1 aliphatic carbocycles. The van der Waals surface area contributed by atoms with Gasteiger partial charge in [0.15, 0.2) is 0 Å². The summed E-state index contributed by atoms with van der Waals surface area (Å²) in [6, 6.07) is 0. The molecule has 3 atom stereocenters. The van der Waals surface area contributed by atoms with Gasteiger partial charge >= 0.3 is 0 Å². The zero-order chi connectivity index (χ0) is 7.56. The lowest BCUT2D eigenvalue weighted by atomic mass is 9.74. The van der Waals surface area contributed by atoms with Gasteiger partial charge in [-0.25, -0.2) is 0 Å². The molecule has 0 aromatic heterocycles. The van der Waals surface area contributed by atoms with Gasteiger partial charge in [0.25, 0.3) is 0 Å². The molecule has 0 aromatic carbocycles. The van der Waals surface area contributed by atoms with Crippen LogP contribution in [-0.2, 0) is 0 Å². The monoisotopic (exact) mass is 140 g/mol. The van der Waals surface area contributed by atoms with Crippen LogP contribution in [-0.4, -0.2) is 0 Å². The average Bonchev–Trinajstić information content (AvgIpc) is 1.94. The minimum absolute atomic E-state index is 1.00. The summed E-state index contributed by atoms with van der Waals surface area (Å²) < 4.78 is 0. The van der Waals surface area contributed by atoms with Crippen LogP contribution in [0.3, 0.4) is 0 Å². The quantitative estimate of drug-likeness (QED) is 0.523. The second kappa shape index (κ2) is 3.41. The van der Waals surface area contributed by atoms with E-state index in [1.54, 1.807) is 0 Å². The smallest absolute Gasteiger partial charge is 0.0389 e. The van der Waals surface area contributed by atoms with Crippen molar-refractivity contribution in [2.75, 3.05) is 0 Å². The van der Waals surface area contributed by atoms with E-state index in [0.29, 0.717) is 0 Å². The van der Waals surface area contributed by atoms with Crippen LogP contribution >= 0.6 is 0 Å². The molecule has 0 nitrogen and oxygen atoms in total. The molecule has 0 amide bonds. The summed E-state index contributed by atoms with van der Waals surface area (Å²) in [7, 11) is 0. The summed E-state index contributed by atoms with van der Waals surface area (Å²) in [5, 5.41) is 0. The fourth-order valence-electron chi connectivity index (χ4n) is 2.22. The molecule has 1 fully saturated rings. The molecule has 3 unspecified atom stereocenters. The van der Waals surface area contributed by atoms with Crippen LogP contribution in [0.2, 0.25) is 0 Å². The van der Waals surface area contributed by atoms with Crippen molar-refractivity contribution in [1.82, 2.24) is 0 Å². The van der Waals surface area contributed by atoms with Gasteiger partial charge in [-0.3, -0.25) is 0 Å². The van der Waals surface area contributed by atoms with Crippen LogP contribution in [0.15, 0.2) is 0 Å². The average molecular weight is 140 g/mol. The molecular formula is C10H20. The first-order valence-corrected chi connectivity index (χ1v) is 4.74. The lowest BCUT2D eigenvalue weighted by molar-refractivity contribution is 0.198. The number of hydrogen-bond donors (Lipinski definition) is 0. The van der Waals surface area contributed by atoms with Crippen LogP contribution in [0.1, 0.15) is 46.5 Å². The second-order valence-corrected chi connectivity index (χ2v) is 4.06. The molecule has 0 heteroatoms. The molecule has 0 heterocycles. The Hall–Kier alpha value is 0. The van der Waals surface area contributed by atoms with Gasteiger partial charge in [-0.15, -0.1) is 0 Å². The molecule has 0 aromatic rings. The molecule has 0 spiro atoms. The van der Waals surface area contributed by atoms with Gasteiger partial charge in [-0.2, -0.15) is 0 Å². The molecule has 0 aliphatic heterocycles. The van der Waals surface area contributed by atoms with Crippen LogP contribution in [0.25, 0.3) is 0 Å². The minimum Gasteiger partial charge on any atom is -0.0651 e. The Morgan fingerprint density at radius 3 is 2.40 bits per heavy atom. The Kier molecular flexibility index (Phi) is 2.76. The Bertz CT molecular complexity index is 96.2. The molecule has 1 saturated carbocycles. The van der Waals surface area contributed by atoms with E-state index in [4.69, 9.17) is 0 Å². The van der Waals surface area contributed by atoms with Gasteiger partial charge in [0.2, 0.25) is 0 Å². The predicted octanol–water partition coefficient (Wildman–Crippen LogP) is 3.47. The van der Waals surface area contributed by atoms with Crippen molar-refractivity contribution in [2.24, 2.45) is 17.8 Å². The van der Waals surface area contributed by atoms with Crippen molar-refractivity contribution in [1.29, 1.82) is 0 Å². The molecule has 10 heavy (non-hydrogen) atoms. The Balaban J connectivity index is 2.38. The fourth-order valence-corrected chi connectivity index (χ4v) is 2.22. The van der Waals surface area contributed by atoms with Crippen molar-refractivity contribution >= 4 is 0 Å². The molecule has 0 radical (unpaired) electrons. The van der Waals surface area contributed by atoms with E-state index in [1.807, 2.05) is 0 Å². The lowest BCUT2D eigenvalue weighted by Crippen LogP contribution is -2.20. The SMILES string of the molecule is CCC1CC(C)CCC1C. The van der Waals surface area contributed by atoms with Gasteiger partial charge < -0.3 is 0 Å². The maximum atomic E-state index is 2.42. The molecule has 60 valence electrons. The second-order valence-electron chi connectivity index (χ2n) is 4.06. The number of rotatable bonds is 1. The molecule has 1 aliphatic rings. The van der Waals surface area contributed by atoms with Crippen molar-refractivity contribution in [3.05, 3.63) is 0 Å². The Labute approximate surface area is 65.0 Å². The van der Waals surface area contributed by atoms with Crippen molar-refractivity contribution in [3.8, 4) is 0 Å². The van der Waals surface area contributed by atoms with E-state index in [-0.39, 0.29) is 0 Å². The highest BCUT2D eigenvalue weighted by Gasteiger charge is 2.23. The highest BCUT2D eigenvalue weighted by molar-refractivity contribution is 4.74. The Morgan fingerprint density at radius 2 is 1.90 bits per heavy atom. The first kappa shape index (κ1) is 8.10. The van der Waals surface area contributed by atoms with Gasteiger partial charge in [-0.1, -0.05) is 40.0 Å². The van der Waals surface area contributed by atoms with E-state index in [1.165, 1.54) is 25.7 Å². The van der Waals surface area contributed by atoms with Gasteiger partial charge in [0.05, 0.1) is 0 Å². The maximum absolute atomic E-state index is 2.42. The van der Waals surface area contributed by atoms with Crippen LogP contribution in [0.4, 0.5) is 0 Å². The molecule has 0 bridgehead atoms. The minimum atomic E-state index is 1.00. The van der Waals surface area contributed by atoms with Crippen molar-refractivity contribution in [3.63, 3.8) is 0 Å². The first-order valence-electron chi connectivity index (χ1n) is 4.74. The van der Waals surface area contributed by atoms with Crippen LogP contribution < -0.4 is 0 Å². The highest BCUT2D eigenvalue weighted by atomic mass is 14.3. The third-order valence-electron chi connectivity index (χ3n) is 3.15. The summed E-state index contributed by atoms with van der Waals surface area (Å²) in [4.78, 5) is 0. The van der Waals surface area contributed by atoms with Gasteiger partial charge in [-0.05, 0) is 24.2 Å². The topological polar surface area (TPSA) is 0 Å². The normalized spacial score (nSPS) is 41.7. The standard InChI is InChI=1S/C10H20/c1-4-10-7-8(2)5-6-9(10)3/h8-10H,4-7H2,1-3H3. The highest BCUT2D eigenvalue weighted by Crippen LogP contribution is 2.34. The van der Waals surface area contributed by atoms with Gasteiger partial charge in [0.1, 0.15) is 0 Å². The summed E-state index contributed by atoms with van der Waals surface area (Å²) in [6.45, 7) is 7.15. The summed E-state index contributed by atoms with van der Waals surface area (Å²) in [5.74, 6) is 3.03. The maximum Gasteiger partial charge on any atom is -0.0389 e. The van der Waals surface area contributed by atoms with Crippen molar-refractivity contribution in [2.45, 2.75) is 46.5 Å². The number of hydrogen-bond acceptors (Lipinski definition) is 0. The summed E-state index contributed by atoms with van der Waals surface area (Å²) >= 11 is 0. The largest absolute Gasteiger partial charge is 0.0651 e. The molecule has 0 N–H and O–H groups in total. The lowest BCUT2D eigenvalue weighted by Gasteiger charge is -2.31. The van der Waals surface area contributed by atoms with E-state index < -0.39 is 0 Å². The molecular weight excluding hydrogens is 120 g/mol. The third kappa shape index (κ3) is 1.74. The van der Waals surface area contributed by atoms with Crippen molar-refractivity contribution < 1.29 is 0 Å². The summed E-state index contributed by atoms with van der Waals surface area (Å²) in [5.41, 5.74) is 0. The molecule has 0 saturated heterocycles. The fraction of sp³-hybridized carbons (Fsp3) is 1.00. The van der Waals surface area contributed by atoms with E-state index >= 15 is 0 Å². The zero-order valence-electron chi connectivity index (χ0n) is 7.56. The predicted molar refractivity (Wildman–Crippen MR) is 46.0 cm³/mol. The first-order chi connectivity index (χ1) is 4.74. The zero-order valence-corrected chi connectivity index (χ0v) is 7.56. The Morgan fingerprint density at radius 1 is 1.20 bits per heavy atom. The van der Waals surface area contributed by atoms with Crippen LogP contribution in [0.5, 0.6) is 0 Å². The van der Waals surface area contributed by atoms with E-state index in [9.17, 15) is 0 Å². The van der Waals surface area contributed by atoms with Gasteiger partial charge in [0, 0.05) is 0 Å². The van der Waals surface area contributed by atoms with E-state index in [2.05, 4.69) is 20.8 Å². The van der Waals surface area contributed by atoms with E-state index in [0.717, 1.165) is 17.8 Å². The third-order valence-corrected chi connectivity index (χ3v) is 3.15. The molecule has 1 rings (SSSR count). The summed E-state index contributed by atoms with van der Waals surface area (Å²) in [6.07, 6.45) is 5.82.